The van der Waals surface area contributed by atoms with Gasteiger partial charge in [0.05, 0.1) is 24.6 Å². The number of para-hydroxylation sites is 1. The topological polar surface area (TPSA) is 93.2 Å². The maximum atomic E-state index is 13.0. The van der Waals surface area contributed by atoms with Crippen LogP contribution in [-0.4, -0.2) is 35.5 Å². The first-order chi connectivity index (χ1) is 15.0. The van der Waals surface area contributed by atoms with E-state index in [0.29, 0.717) is 11.6 Å². The molecule has 1 aromatic heterocycles. The van der Waals surface area contributed by atoms with Crippen molar-refractivity contribution in [2.45, 2.75) is 19.4 Å². The van der Waals surface area contributed by atoms with Gasteiger partial charge in [0.15, 0.2) is 5.82 Å². The molecule has 0 aliphatic heterocycles. The minimum absolute atomic E-state index is 0.0161. The quantitative estimate of drug-likeness (QED) is 0.453. The van der Waals surface area contributed by atoms with E-state index < -0.39 is 11.4 Å². The molecule has 0 atom stereocenters. The average molecular weight is 418 g/mol. The number of amides is 1. The Morgan fingerprint density at radius 2 is 1.97 bits per heavy atom. The monoisotopic (exact) mass is 418 g/mol. The van der Waals surface area contributed by atoms with Crippen LogP contribution in [-0.2, 0) is 20.9 Å². The molecular formula is C24H26N4O3. The minimum atomic E-state index is -0.559. The Hall–Kier alpha value is -3.74. The van der Waals surface area contributed by atoms with Crippen molar-refractivity contribution >= 4 is 28.6 Å². The molecule has 7 nitrogen and oxygen atoms in total. The zero-order valence-corrected chi connectivity index (χ0v) is 17.6. The second-order valence-electron chi connectivity index (χ2n) is 7.15. The smallest absolute Gasteiger partial charge is 0.325 e. The molecule has 0 radical (unpaired) electrons. The van der Waals surface area contributed by atoms with Crippen molar-refractivity contribution in [2.24, 2.45) is 5.41 Å². The van der Waals surface area contributed by atoms with Crippen LogP contribution in [0.25, 0.3) is 10.9 Å². The van der Waals surface area contributed by atoms with Crippen LogP contribution in [0.4, 0.5) is 5.82 Å². The lowest BCUT2D eigenvalue weighted by Crippen LogP contribution is -2.33. The number of nitrogens with zero attached hydrogens (tertiary/aromatic N) is 2. The molecule has 7 heteroatoms. The number of esters is 1. The number of ether oxygens (including phenoxy) is 1. The number of carbonyl (C=O) groups is 2. The molecule has 0 spiro atoms. The van der Waals surface area contributed by atoms with Crippen molar-refractivity contribution in [3.63, 3.8) is 0 Å². The number of nitrogens with one attached hydrogen (secondary N) is 2. The van der Waals surface area contributed by atoms with Gasteiger partial charge in [0.1, 0.15) is 12.4 Å². The van der Waals surface area contributed by atoms with Gasteiger partial charge in [-0.3, -0.25) is 9.59 Å². The Balaban J connectivity index is 1.79. The number of fused-ring (bicyclic) bond motifs is 1. The molecule has 31 heavy (non-hydrogen) atoms. The SMILES string of the molecule is C=C/C=C\C(=C/C=C)C1(C(=O)NCc2nc(NCC(=O)OC)c3ccccc3n2)CC1. The molecule has 160 valence electrons. The Labute approximate surface area is 181 Å². The summed E-state index contributed by atoms with van der Waals surface area (Å²) < 4.78 is 4.68. The maximum absolute atomic E-state index is 13.0. The molecule has 0 unspecified atom stereocenters. The summed E-state index contributed by atoms with van der Waals surface area (Å²) in [7, 11) is 1.33. The van der Waals surface area contributed by atoms with Gasteiger partial charge >= 0.3 is 5.97 Å². The third-order valence-electron chi connectivity index (χ3n) is 5.13. The normalized spacial score (nSPS) is 14.8. The van der Waals surface area contributed by atoms with Crippen molar-refractivity contribution in [1.29, 1.82) is 0 Å². The van der Waals surface area contributed by atoms with Crippen molar-refractivity contribution < 1.29 is 14.3 Å². The molecule has 1 aliphatic carbocycles. The molecule has 1 heterocycles. The molecule has 2 N–H and O–H groups in total. The van der Waals surface area contributed by atoms with Crippen LogP contribution in [0.15, 0.2) is 73.4 Å². The number of methoxy groups -OCH3 is 1. The number of rotatable bonds is 10. The van der Waals surface area contributed by atoms with E-state index in [1.54, 1.807) is 12.2 Å². The molecule has 0 bridgehead atoms. The number of hydrogen-bond acceptors (Lipinski definition) is 6. The fourth-order valence-electron chi connectivity index (χ4n) is 3.34. The fraction of sp³-hybridized carbons (Fsp3) is 0.250. The summed E-state index contributed by atoms with van der Waals surface area (Å²) in [6.07, 6.45) is 10.5. The third kappa shape index (κ3) is 5.06. The zero-order chi connectivity index (χ0) is 22.3. The lowest BCUT2D eigenvalue weighted by atomic mass is 9.93. The number of benzene rings is 1. The first-order valence-electron chi connectivity index (χ1n) is 10.0. The summed E-state index contributed by atoms with van der Waals surface area (Å²) in [6.45, 7) is 7.59. The molecule has 1 amide bonds. The predicted octanol–water partition coefficient (Wildman–Crippen LogP) is 3.47. The van der Waals surface area contributed by atoms with E-state index in [-0.39, 0.29) is 19.0 Å². The van der Waals surface area contributed by atoms with Crippen LogP contribution >= 0.6 is 0 Å². The Morgan fingerprint density at radius 1 is 1.19 bits per heavy atom. The van der Waals surface area contributed by atoms with Crippen LogP contribution in [0.1, 0.15) is 18.7 Å². The maximum Gasteiger partial charge on any atom is 0.325 e. The van der Waals surface area contributed by atoms with Gasteiger partial charge < -0.3 is 15.4 Å². The highest BCUT2D eigenvalue weighted by molar-refractivity contribution is 5.91. The van der Waals surface area contributed by atoms with Gasteiger partial charge in [-0.05, 0) is 30.5 Å². The highest BCUT2D eigenvalue weighted by atomic mass is 16.5. The van der Waals surface area contributed by atoms with Gasteiger partial charge in [0, 0.05) is 5.39 Å². The second kappa shape index (κ2) is 9.84. The van der Waals surface area contributed by atoms with E-state index in [2.05, 4.69) is 38.5 Å². The standard InChI is InChI=1S/C24H26N4O3/c1-4-6-10-17(9-5-2)24(13-14-24)23(30)26-15-20-27-19-12-8-7-11-18(19)22(28-20)25-16-21(29)31-3/h4-12H,1-2,13-16H2,3H3,(H,26,30)(H,25,27,28)/b10-6-,17-9+. The van der Waals surface area contributed by atoms with Crippen molar-refractivity contribution in [2.75, 3.05) is 19.0 Å². The highest BCUT2D eigenvalue weighted by Crippen LogP contribution is 2.52. The average Bonchev–Trinajstić information content (AvgIpc) is 3.60. The minimum Gasteiger partial charge on any atom is -0.468 e. The van der Waals surface area contributed by atoms with Gasteiger partial charge in [-0.15, -0.1) is 0 Å². The Morgan fingerprint density at radius 3 is 2.65 bits per heavy atom. The predicted molar refractivity (Wildman–Crippen MR) is 121 cm³/mol. The van der Waals surface area contributed by atoms with Crippen molar-refractivity contribution in [1.82, 2.24) is 15.3 Å². The number of anilines is 1. The van der Waals surface area contributed by atoms with E-state index in [0.717, 1.165) is 29.3 Å². The molecule has 1 aromatic carbocycles. The van der Waals surface area contributed by atoms with Crippen molar-refractivity contribution in [3.8, 4) is 0 Å². The van der Waals surface area contributed by atoms with Gasteiger partial charge in [0.25, 0.3) is 0 Å². The van der Waals surface area contributed by atoms with Crippen LogP contribution in [0.2, 0.25) is 0 Å². The lowest BCUT2D eigenvalue weighted by Gasteiger charge is -2.17. The van der Waals surface area contributed by atoms with E-state index in [9.17, 15) is 9.59 Å². The highest BCUT2D eigenvalue weighted by Gasteiger charge is 2.51. The van der Waals surface area contributed by atoms with Gasteiger partial charge in [-0.1, -0.05) is 55.7 Å². The molecule has 3 rings (SSSR count). The molecule has 1 saturated carbocycles. The molecule has 0 saturated heterocycles. The summed E-state index contributed by atoms with van der Waals surface area (Å²) in [5.74, 6) is 0.492. The first kappa shape index (κ1) is 22.0. The van der Waals surface area contributed by atoms with Crippen molar-refractivity contribution in [3.05, 3.63) is 79.2 Å². The number of allylic oxidation sites excluding steroid dienone is 5. The fourth-order valence-corrected chi connectivity index (χ4v) is 3.34. The number of hydrogen-bond donors (Lipinski definition) is 2. The van der Waals surface area contributed by atoms with E-state index in [1.165, 1.54) is 7.11 Å². The third-order valence-corrected chi connectivity index (χ3v) is 5.13. The van der Waals surface area contributed by atoms with Gasteiger partial charge in [0.2, 0.25) is 5.91 Å². The lowest BCUT2D eigenvalue weighted by molar-refractivity contribution is -0.138. The molecular weight excluding hydrogens is 392 g/mol. The van der Waals surface area contributed by atoms with Crippen LogP contribution in [0.3, 0.4) is 0 Å². The largest absolute Gasteiger partial charge is 0.468 e. The summed E-state index contributed by atoms with van der Waals surface area (Å²) in [5, 5.41) is 6.74. The van der Waals surface area contributed by atoms with E-state index in [1.807, 2.05) is 42.5 Å². The summed E-state index contributed by atoms with van der Waals surface area (Å²) in [5.41, 5.74) is 1.06. The van der Waals surface area contributed by atoms with E-state index >= 15 is 0 Å². The second-order valence-corrected chi connectivity index (χ2v) is 7.15. The molecule has 1 fully saturated rings. The summed E-state index contributed by atoms with van der Waals surface area (Å²) in [4.78, 5) is 33.6. The van der Waals surface area contributed by atoms with E-state index in [4.69, 9.17) is 0 Å². The van der Waals surface area contributed by atoms with Crippen LogP contribution < -0.4 is 10.6 Å². The van der Waals surface area contributed by atoms with Gasteiger partial charge in [-0.2, -0.15) is 0 Å². The first-order valence-corrected chi connectivity index (χ1v) is 10.0. The van der Waals surface area contributed by atoms with Crippen LogP contribution in [0.5, 0.6) is 0 Å². The van der Waals surface area contributed by atoms with Crippen LogP contribution in [0, 0.1) is 5.41 Å². The number of carbonyl (C=O) groups excluding carboxylic acids is 2. The van der Waals surface area contributed by atoms with Gasteiger partial charge in [-0.25, -0.2) is 9.97 Å². The summed E-state index contributed by atoms with van der Waals surface area (Å²) in [6, 6.07) is 7.48. The molecule has 1 aliphatic rings. The Kier molecular flexibility index (Phi) is 6.97. The summed E-state index contributed by atoms with van der Waals surface area (Å²) >= 11 is 0. The zero-order valence-electron chi connectivity index (χ0n) is 17.6. The number of aromatic nitrogens is 2. The molecule has 2 aromatic rings. The Bertz CT molecular complexity index is 1070.